The normalized spacial score (nSPS) is 12.9. The highest BCUT2D eigenvalue weighted by molar-refractivity contribution is 7.92. The molecule has 0 amide bonds. The summed E-state index contributed by atoms with van der Waals surface area (Å²) in [6.45, 7) is 2.07. The van der Waals surface area contributed by atoms with Gasteiger partial charge in [0.1, 0.15) is 5.76 Å². The topological polar surface area (TPSA) is 71.3 Å². The fourth-order valence-corrected chi connectivity index (χ4v) is 2.48. The van der Waals surface area contributed by atoms with Gasteiger partial charge in [-0.05, 0) is 42.8 Å². The van der Waals surface area contributed by atoms with E-state index in [9.17, 15) is 8.42 Å². The Morgan fingerprint density at radius 2 is 1.80 bits per heavy atom. The molecule has 2 aromatic rings. The van der Waals surface area contributed by atoms with E-state index in [1.165, 1.54) is 0 Å². The van der Waals surface area contributed by atoms with Crippen molar-refractivity contribution >= 4 is 21.4 Å². The quantitative estimate of drug-likeness (QED) is 0.858. The molecule has 1 atom stereocenters. The summed E-state index contributed by atoms with van der Waals surface area (Å²) in [6.07, 6.45) is 3.67. The van der Waals surface area contributed by atoms with Crippen molar-refractivity contribution < 1.29 is 12.8 Å². The molecule has 0 fully saturated rings. The van der Waals surface area contributed by atoms with Crippen molar-refractivity contribution in [1.29, 1.82) is 0 Å². The zero-order valence-corrected chi connectivity index (χ0v) is 12.3. The van der Waals surface area contributed by atoms with Crippen LogP contribution in [0.25, 0.3) is 0 Å². The minimum atomic E-state index is -3.24. The van der Waals surface area contributed by atoms with Crippen molar-refractivity contribution in [2.75, 3.05) is 16.3 Å². The minimum Gasteiger partial charge on any atom is -0.467 e. The first-order valence-electron chi connectivity index (χ1n) is 6.35. The maximum atomic E-state index is 11.1. The van der Waals surface area contributed by atoms with Crippen LogP contribution in [0.3, 0.4) is 0 Å². The zero-order valence-electron chi connectivity index (χ0n) is 11.5. The van der Waals surface area contributed by atoms with Gasteiger partial charge in [-0.3, -0.25) is 4.72 Å². The smallest absolute Gasteiger partial charge is 0.229 e. The summed E-state index contributed by atoms with van der Waals surface area (Å²) >= 11 is 0. The molecule has 0 bridgehead atoms. The number of hydrogen-bond acceptors (Lipinski definition) is 4. The highest BCUT2D eigenvalue weighted by Crippen LogP contribution is 2.24. The molecule has 0 aliphatic carbocycles. The number of benzene rings is 1. The SMILES string of the molecule is CCC(Nc1ccc(NS(C)(=O)=O)cc1)c1ccco1. The second-order valence-electron chi connectivity index (χ2n) is 4.57. The van der Waals surface area contributed by atoms with Crippen molar-refractivity contribution in [1.82, 2.24) is 0 Å². The summed E-state index contributed by atoms with van der Waals surface area (Å²) in [4.78, 5) is 0. The first kappa shape index (κ1) is 14.5. The van der Waals surface area contributed by atoms with Gasteiger partial charge < -0.3 is 9.73 Å². The average Bonchev–Trinajstić information content (AvgIpc) is 2.90. The van der Waals surface area contributed by atoms with Crippen LogP contribution in [0.1, 0.15) is 25.1 Å². The molecule has 0 saturated carbocycles. The third-order valence-electron chi connectivity index (χ3n) is 2.82. The predicted octanol–water partition coefficient (Wildman–Crippen LogP) is 3.21. The molecule has 0 radical (unpaired) electrons. The maximum Gasteiger partial charge on any atom is 0.229 e. The molecule has 0 spiro atoms. The first-order valence-corrected chi connectivity index (χ1v) is 8.25. The van der Waals surface area contributed by atoms with E-state index in [0.717, 1.165) is 24.1 Å². The van der Waals surface area contributed by atoms with E-state index < -0.39 is 10.0 Å². The molecule has 2 N–H and O–H groups in total. The van der Waals surface area contributed by atoms with Crippen molar-refractivity contribution in [2.45, 2.75) is 19.4 Å². The summed E-state index contributed by atoms with van der Waals surface area (Å²) < 4.78 is 30.1. The molecule has 0 saturated heterocycles. The van der Waals surface area contributed by atoms with E-state index in [-0.39, 0.29) is 6.04 Å². The monoisotopic (exact) mass is 294 g/mol. The van der Waals surface area contributed by atoms with Crippen LogP contribution >= 0.6 is 0 Å². The van der Waals surface area contributed by atoms with E-state index in [0.29, 0.717) is 5.69 Å². The second kappa shape index (κ2) is 6.00. The number of furan rings is 1. The second-order valence-corrected chi connectivity index (χ2v) is 6.32. The molecule has 2 rings (SSSR count). The standard InChI is InChI=1S/C14H18N2O3S/c1-3-13(14-5-4-10-19-14)15-11-6-8-12(9-7-11)16-20(2,17)18/h4-10,13,15-16H,3H2,1-2H3. The highest BCUT2D eigenvalue weighted by atomic mass is 32.2. The van der Waals surface area contributed by atoms with Crippen LogP contribution in [0.4, 0.5) is 11.4 Å². The fourth-order valence-electron chi connectivity index (χ4n) is 1.91. The van der Waals surface area contributed by atoms with Gasteiger partial charge in [0.2, 0.25) is 10.0 Å². The lowest BCUT2D eigenvalue weighted by Gasteiger charge is -2.16. The molecule has 0 aliphatic heterocycles. The molecule has 0 aliphatic rings. The van der Waals surface area contributed by atoms with Crippen LogP contribution < -0.4 is 10.0 Å². The summed E-state index contributed by atoms with van der Waals surface area (Å²) in [6, 6.07) is 11.0. The average molecular weight is 294 g/mol. The summed E-state index contributed by atoms with van der Waals surface area (Å²) in [5.74, 6) is 0.880. The van der Waals surface area contributed by atoms with Gasteiger partial charge in [0.25, 0.3) is 0 Å². The molecule has 5 nitrogen and oxygen atoms in total. The van der Waals surface area contributed by atoms with Crippen molar-refractivity contribution in [2.24, 2.45) is 0 Å². The fraction of sp³-hybridized carbons (Fsp3) is 0.286. The molecule has 20 heavy (non-hydrogen) atoms. The number of sulfonamides is 1. The number of nitrogens with one attached hydrogen (secondary N) is 2. The van der Waals surface area contributed by atoms with Gasteiger partial charge in [-0.2, -0.15) is 0 Å². The molecule has 1 aromatic heterocycles. The van der Waals surface area contributed by atoms with Crippen LogP contribution in [-0.2, 0) is 10.0 Å². The summed E-state index contributed by atoms with van der Waals surface area (Å²) in [5, 5.41) is 3.35. The number of rotatable bonds is 6. The Kier molecular flexibility index (Phi) is 4.34. The molecular formula is C14H18N2O3S. The molecule has 108 valence electrons. The van der Waals surface area contributed by atoms with Gasteiger partial charge in [0.05, 0.1) is 18.6 Å². The Hall–Kier alpha value is -1.95. The van der Waals surface area contributed by atoms with E-state index >= 15 is 0 Å². The van der Waals surface area contributed by atoms with Gasteiger partial charge in [-0.1, -0.05) is 6.92 Å². The molecular weight excluding hydrogens is 276 g/mol. The van der Waals surface area contributed by atoms with E-state index in [2.05, 4.69) is 17.0 Å². The van der Waals surface area contributed by atoms with Crippen molar-refractivity contribution in [3.05, 3.63) is 48.4 Å². The van der Waals surface area contributed by atoms with Gasteiger partial charge in [0.15, 0.2) is 0 Å². The Morgan fingerprint density at radius 1 is 1.15 bits per heavy atom. The number of anilines is 2. The van der Waals surface area contributed by atoms with Gasteiger partial charge in [-0.25, -0.2) is 8.42 Å². The molecule has 1 heterocycles. The predicted molar refractivity (Wildman–Crippen MR) is 80.3 cm³/mol. The van der Waals surface area contributed by atoms with Crippen molar-refractivity contribution in [3.63, 3.8) is 0 Å². The molecule has 6 heteroatoms. The lowest BCUT2D eigenvalue weighted by atomic mass is 10.1. The Labute approximate surface area is 119 Å². The highest BCUT2D eigenvalue weighted by Gasteiger charge is 2.11. The lowest BCUT2D eigenvalue weighted by Crippen LogP contribution is -2.10. The van der Waals surface area contributed by atoms with Gasteiger partial charge in [-0.15, -0.1) is 0 Å². The van der Waals surface area contributed by atoms with E-state index in [4.69, 9.17) is 4.42 Å². The third-order valence-corrected chi connectivity index (χ3v) is 3.43. The molecule has 1 aromatic carbocycles. The molecule has 1 unspecified atom stereocenters. The van der Waals surface area contributed by atoms with Crippen LogP contribution in [0.2, 0.25) is 0 Å². The van der Waals surface area contributed by atoms with Gasteiger partial charge in [0, 0.05) is 11.4 Å². The Balaban J connectivity index is 2.06. The van der Waals surface area contributed by atoms with Crippen LogP contribution in [0, 0.1) is 0 Å². The zero-order chi connectivity index (χ0) is 14.6. The largest absolute Gasteiger partial charge is 0.467 e. The first-order chi connectivity index (χ1) is 9.48. The minimum absolute atomic E-state index is 0.0960. The maximum absolute atomic E-state index is 11.1. The van der Waals surface area contributed by atoms with Crippen LogP contribution in [0.5, 0.6) is 0 Å². The lowest BCUT2D eigenvalue weighted by molar-refractivity contribution is 0.474. The number of hydrogen-bond donors (Lipinski definition) is 2. The summed E-state index contributed by atoms with van der Waals surface area (Å²) in [7, 11) is -3.24. The summed E-state index contributed by atoms with van der Waals surface area (Å²) in [5.41, 5.74) is 1.45. The van der Waals surface area contributed by atoms with Crippen molar-refractivity contribution in [3.8, 4) is 0 Å². The van der Waals surface area contributed by atoms with E-state index in [1.54, 1.807) is 18.4 Å². The third kappa shape index (κ3) is 4.03. The van der Waals surface area contributed by atoms with Crippen LogP contribution in [0.15, 0.2) is 47.1 Å². The van der Waals surface area contributed by atoms with E-state index in [1.807, 2.05) is 24.3 Å². The Morgan fingerprint density at radius 3 is 2.30 bits per heavy atom. The Bertz CT molecular complexity index is 634. The van der Waals surface area contributed by atoms with Gasteiger partial charge >= 0.3 is 0 Å². The van der Waals surface area contributed by atoms with Crippen LogP contribution in [-0.4, -0.2) is 14.7 Å².